The molecule has 0 atom stereocenters. The zero-order valence-electron chi connectivity index (χ0n) is 7.72. The van der Waals surface area contributed by atoms with Gasteiger partial charge in [0, 0.05) is 12.4 Å². The van der Waals surface area contributed by atoms with Crippen LogP contribution in [0.1, 0.15) is 10.4 Å². The molecule has 1 aromatic carbocycles. The quantitative estimate of drug-likeness (QED) is 0.838. The Morgan fingerprint density at radius 3 is 2.87 bits per heavy atom. The van der Waals surface area contributed by atoms with Gasteiger partial charge in [0.1, 0.15) is 0 Å². The third-order valence-electron chi connectivity index (χ3n) is 2.02. The summed E-state index contributed by atoms with van der Waals surface area (Å²) in [4.78, 5) is 15.1. The second-order valence-corrected chi connectivity index (χ2v) is 3.38. The topological polar surface area (TPSA) is 60.9 Å². The Labute approximate surface area is 91.3 Å². The van der Waals surface area contributed by atoms with E-state index in [0.29, 0.717) is 16.3 Å². The summed E-state index contributed by atoms with van der Waals surface area (Å²) in [6.07, 6.45) is 4.92. The van der Waals surface area contributed by atoms with Gasteiger partial charge in [-0.1, -0.05) is 17.7 Å². The molecule has 2 N–H and O–H groups in total. The molecule has 0 saturated heterocycles. The molecule has 2 aromatic rings. The summed E-state index contributed by atoms with van der Waals surface area (Å²) >= 11 is 5.91. The molecule has 0 bridgehead atoms. The van der Waals surface area contributed by atoms with Gasteiger partial charge in [0.25, 0.3) is 5.91 Å². The van der Waals surface area contributed by atoms with Gasteiger partial charge in [-0.2, -0.15) is 0 Å². The number of imidazole rings is 1. The number of amides is 1. The Hall–Kier alpha value is -1.81. The van der Waals surface area contributed by atoms with Gasteiger partial charge in [0.15, 0.2) is 0 Å². The number of nitrogens with two attached hydrogens (primary N) is 1. The van der Waals surface area contributed by atoms with Crippen molar-refractivity contribution in [3.05, 3.63) is 47.5 Å². The summed E-state index contributed by atoms with van der Waals surface area (Å²) in [7, 11) is 0. The van der Waals surface area contributed by atoms with Crippen LogP contribution in [0.4, 0.5) is 0 Å². The highest BCUT2D eigenvalue weighted by Crippen LogP contribution is 2.22. The van der Waals surface area contributed by atoms with E-state index in [1.54, 1.807) is 41.5 Å². The Morgan fingerprint density at radius 2 is 2.27 bits per heavy atom. The number of hydrogen-bond acceptors (Lipinski definition) is 2. The van der Waals surface area contributed by atoms with Crippen molar-refractivity contribution in [1.29, 1.82) is 0 Å². The van der Waals surface area contributed by atoms with Crippen molar-refractivity contribution in [2.75, 3.05) is 0 Å². The van der Waals surface area contributed by atoms with Crippen molar-refractivity contribution in [2.45, 2.75) is 0 Å². The minimum Gasteiger partial charge on any atom is -0.365 e. The Bertz CT molecular complexity index is 493. The Balaban J connectivity index is 2.66. The van der Waals surface area contributed by atoms with Crippen molar-refractivity contribution < 1.29 is 4.79 Å². The molecule has 0 saturated carbocycles. The molecule has 5 heteroatoms. The maximum Gasteiger partial charge on any atom is 0.252 e. The number of aromatic nitrogens is 2. The fourth-order valence-corrected chi connectivity index (χ4v) is 1.64. The van der Waals surface area contributed by atoms with Crippen LogP contribution in [-0.2, 0) is 0 Å². The van der Waals surface area contributed by atoms with Crippen LogP contribution < -0.4 is 5.73 Å². The monoisotopic (exact) mass is 221 g/mol. The van der Waals surface area contributed by atoms with Gasteiger partial charge in [-0.25, -0.2) is 4.98 Å². The van der Waals surface area contributed by atoms with Crippen LogP contribution in [0.25, 0.3) is 5.69 Å². The fourth-order valence-electron chi connectivity index (χ4n) is 1.37. The number of carbonyl (C=O) groups excluding carboxylic acids is 1. The minimum absolute atomic E-state index is 0.303. The first-order chi connectivity index (χ1) is 7.20. The molecule has 15 heavy (non-hydrogen) atoms. The predicted molar refractivity (Wildman–Crippen MR) is 57.1 cm³/mol. The van der Waals surface area contributed by atoms with E-state index in [4.69, 9.17) is 17.3 Å². The number of nitrogens with zero attached hydrogens (tertiary/aromatic N) is 2. The van der Waals surface area contributed by atoms with E-state index >= 15 is 0 Å². The van der Waals surface area contributed by atoms with Crippen LogP contribution in [0.5, 0.6) is 0 Å². The van der Waals surface area contributed by atoms with Crippen molar-refractivity contribution in [3.63, 3.8) is 0 Å². The summed E-state index contributed by atoms with van der Waals surface area (Å²) in [6.45, 7) is 0. The van der Waals surface area contributed by atoms with Crippen LogP contribution in [0.15, 0.2) is 36.9 Å². The lowest BCUT2D eigenvalue weighted by Crippen LogP contribution is -2.15. The third kappa shape index (κ3) is 1.71. The van der Waals surface area contributed by atoms with E-state index in [0.717, 1.165) is 0 Å². The van der Waals surface area contributed by atoms with Gasteiger partial charge in [0.05, 0.1) is 22.6 Å². The van der Waals surface area contributed by atoms with E-state index in [-0.39, 0.29) is 0 Å². The molecule has 1 heterocycles. The zero-order valence-corrected chi connectivity index (χ0v) is 8.48. The molecule has 0 fully saturated rings. The number of hydrogen-bond donors (Lipinski definition) is 1. The van der Waals surface area contributed by atoms with Crippen molar-refractivity contribution in [3.8, 4) is 5.69 Å². The lowest BCUT2D eigenvalue weighted by molar-refractivity contribution is 0.100. The number of halogens is 1. The van der Waals surface area contributed by atoms with Gasteiger partial charge in [-0.15, -0.1) is 0 Å². The summed E-state index contributed by atoms with van der Waals surface area (Å²) in [6, 6.07) is 5.14. The smallest absolute Gasteiger partial charge is 0.252 e. The molecule has 0 unspecified atom stereocenters. The highest BCUT2D eigenvalue weighted by Gasteiger charge is 2.13. The first-order valence-electron chi connectivity index (χ1n) is 4.27. The molecular formula is C10H8ClN3O. The minimum atomic E-state index is -0.552. The van der Waals surface area contributed by atoms with E-state index in [1.807, 2.05) is 0 Å². The molecule has 0 radical (unpaired) electrons. The van der Waals surface area contributed by atoms with Gasteiger partial charge in [0.2, 0.25) is 0 Å². The first-order valence-corrected chi connectivity index (χ1v) is 4.64. The summed E-state index contributed by atoms with van der Waals surface area (Å²) < 4.78 is 1.69. The molecule has 0 aliphatic heterocycles. The van der Waals surface area contributed by atoms with Crippen LogP contribution in [0.3, 0.4) is 0 Å². The van der Waals surface area contributed by atoms with Crippen LogP contribution in [0, 0.1) is 0 Å². The second kappa shape index (κ2) is 3.74. The average Bonchev–Trinajstić information content (AvgIpc) is 2.69. The van der Waals surface area contributed by atoms with Gasteiger partial charge >= 0.3 is 0 Å². The van der Waals surface area contributed by atoms with E-state index in [2.05, 4.69) is 4.98 Å². The largest absolute Gasteiger partial charge is 0.365 e. The number of benzene rings is 1. The number of rotatable bonds is 2. The van der Waals surface area contributed by atoms with E-state index in [1.165, 1.54) is 0 Å². The van der Waals surface area contributed by atoms with Crippen LogP contribution in [-0.4, -0.2) is 15.5 Å². The molecule has 1 aromatic heterocycles. The standard InChI is InChI=1S/C10H8ClN3O/c11-7-2-1-3-8(9(7)10(12)15)14-5-4-13-6-14/h1-6H,(H2,12,15). The maximum absolute atomic E-state index is 11.2. The Morgan fingerprint density at radius 1 is 1.47 bits per heavy atom. The highest BCUT2D eigenvalue weighted by atomic mass is 35.5. The number of primary amides is 1. The fraction of sp³-hybridized carbons (Fsp3) is 0. The molecule has 0 aliphatic carbocycles. The third-order valence-corrected chi connectivity index (χ3v) is 2.34. The average molecular weight is 222 g/mol. The van der Waals surface area contributed by atoms with Crippen molar-refractivity contribution in [2.24, 2.45) is 5.73 Å². The zero-order chi connectivity index (χ0) is 10.8. The maximum atomic E-state index is 11.2. The lowest BCUT2D eigenvalue weighted by Gasteiger charge is -2.08. The SMILES string of the molecule is NC(=O)c1c(Cl)cccc1-n1ccnc1. The highest BCUT2D eigenvalue weighted by molar-refractivity contribution is 6.34. The Kier molecular flexibility index (Phi) is 2.43. The molecule has 4 nitrogen and oxygen atoms in total. The molecule has 0 spiro atoms. The number of carbonyl (C=O) groups is 1. The molecular weight excluding hydrogens is 214 g/mol. The van der Waals surface area contributed by atoms with Crippen molar-refractivity contribution >= 4 is 17.5 Å². The van der Waals surface area contributed by atoms with Gasteiger partial charge in [-0.3, -0.25) is 4.79 Å². The predicted octanol–water partition coefficient (Wildman–Crippen LogP) is 1.62. The molecule has 2 rings (SSSR count). The van der Waals surface area contributed by atoms with Crippen LogP contribution in [0.2, 0.25) is 5.02 Å². The van der Waals surface area contributed by atoms with Gasteiger partial charge < -0.3 is 10.3 Å². The second-order valence-electron chi connectivity index (χ2n) is 2.97. The van der Waals surface area contributed by atoms with Gasteiger partial charge in [-0.05, 0) is 12.1 Å². The first kappa shape index (κ1) is 9.73. The lowest BCUT2D eigenvalue weighted by atomic mass is 10.1. The van der Waals surface area contributed by atoms with E-state index in [9.17, 15) is 4.79 Å². The summed E-state index contributed by atoms with van der Waals surface area (Å²) in [5.74, 6) is -0.552. The molecule has 0 aliphatic rings. The van der Waals surface area contributed by atoms with E-state index < -0.39 is 5.91 Å². The van der Waals surface area contributed by atoms with Crippen molar-refractivity contribution in [1.82, 2.24) is 9.55 Å². The summed E-state index contributed by atoms with van der Waals surface area (Å²) in [5, 5.41) is 0.341. The molecule has 76 valence electrons. The van der Waals surface area contributed by atoms with Crippen LogP contribution >= 0.6 is 11.6 Å². The summed E-state index contributed by atoms with van der Waals surface area (Å²) in [5.41, 5.74) is 6.20. The molecule has 1 amide bonds. The normalized spacial score (nSPS) is 10.2.